The van der Waals surface area contributed by atoms with Crippen LogP contribution in [-0.4, -0.2) is 18.1 Å². The van der Waals surface area contributed by atoms with Crippen molar-refractivity contribution in [2.24, 2.45) is 17.6 Å². The molecular formula is C10H18N2. The van der Waals surface area contributed by atoms with Crippen molar-refractivity contribution in [3.8, 4) is 0 Å². The Bertz CT molecular complexity index is 165. The van der Waals surface area contributed by atoms with Gasteiger partial charge in [-0.2, -0.15) is 0 Å². The normalized spacial score (nSPS) is 56.2. The fraction of sp³-hybridized carbons (Fsp3) is 1.00. The fourth-order valence-corrected chi connectivity index (χ4v) is 3.98. The van der Waals surface area contributed by atoms with E-state index in [0.717, 1.165) is 24.4 Å². The summed E-state index contributed by atoms with van der Waals surface area (Å²) in [4.78, 5) is 0. The summed E-state index contributed by atoms with van der Waals surface area (Å²) in [6.45, 7) is 0.858. The number of nitrogens with two attached hydrogens (primary N) is 1. The summed E-state index contributed by atoms with van der Waals surface area (Å²) in [6.07, 6.45) is 7.07. The monoisotopic (exact) mass is 166 g/mol. The Kier molecular flexibility index (Phi) is 1.37. The van der Waals surface area contributed by atoms with E-state index < -0.39 is 0 Å². The summed E-state index contributed by atoms with van der Waals surface area (Å²) >= 11 is 0. The summed E-state index contributed by atoms with van der Waals surface area (Å²) in [5.41, 5.74) is 6.23. The zero-order chi connectivity index (χ0) is 8.18. The lowest BCUT2D eigenvalue weighted by molar-refractivity contribution is 0.00248. The molecule has 2 atom stereocenters. The molecule has 2 saturated heterocycles. The van der Waals surface area contributed by atoms with E-state index in [4.69, 9.17) is 5.73 Å². The number of hydrogen-bond acceptors (Lipinski definition) is 2. The van der Waals surface area contributed by atoms with E-state index in [2.05, 4.69) is 5.32 Å². The van der Waals surface area contributed by atoms with Crippen LogP contribution in [0.25, 0.3) is 0 Å². The second kappa shape index (κ2) is 2.24. The van der Waals surface area contributed by atoms with Gasteiger partial charge in [-0.3, -0.25) is 0 Å². The van der Waals surface area contributed by atoms with Crippen LogP contribution >= 0.6 is 0 Å². The van der Waals surface area contributed by atoms with Crippen LogP contribution in [0, 0.1) is 11.8 Å². The zero-order valence-corrected chi connectivity index (χ0v) is 7.55. The first-order valence-electron chi connectivity index (χ1n) is 5.27. The topological polar surface area (TPSA) is 38.0 Å². The quantitative estimate of drug-likeness (QED) is 0.606. The maximum Gasteiger partial charge on any atom is 0.0311 e. The van der Waals surface area contributed by atoms with E-state index >= 15 is 0 Å². The Morgan fingerprint density at radius 2 is 1.83 bits per heavy atom. The lowest BCUT2D eigenvalue weighted by Crippen LogP contribution is -2.66. The van der Waals surface area contributed by atoms with Gasteiger partial charge in [0.1, 0.15) is 0 Å². The van der Waals surface area contributed by atoms with Crippen LogP contribution in [0.5, 0.6) is 0 Å². The Morgan fingerprint density at radius 3 is 2.33 bits per heavy atom. The summed E-state index contributed by atoms with van der Waals surface area (Å²) in [5.74, 6) is 2.01. The number of piperidine rings is 2. The molecule has 0 aromatic heterocycles. The molecule has 2 aliphatic carbocycles. The second-order valence-corrected chi connectivity index (χ2v) is 5.17. The number of hydrogen-bond donors (Lipinski definition) is 2. The molecule has 4 rings (SSSR count). The zero-order valence-electron chi connectivity index (χ0n) is 7.55. The van der Waals surface area contributed by atoms with Gasteiger partial charge < -0.3 is 11.1 Å². The predicted molar refractivity (Wildman–Crippen MR) is 48.8 cm³/mol. The largest absolute Gasteiger partial charge is 0.329 e. The van der Waals surface area contributed by atoms with Crippen molar-refractivity contribution < 1.29 is 0 Å². The molecule has 12 heavy (non-hydrogen) atoms. The molecule has 4 bridgehead atoms. The molecule has 0 spiro atoms. The van der Waals surface area contributed by atoms with E-state index in [1.165, 1.54) is 32.1 Å². The highest BCUT2D eigenvalue weighted by molar-refractivity contribution is 5.08. The molecule has 4 aliphatic rings. The van der Waals surface area contributed by atoms with Crippen LogP contribution in [0.15, 0.2) is 0 Å². The Balaban J connectivity index is 1.90. The van der Waals surface area contributed by atoms with Crippen molar-refractivity contribution in [3.63, 3.8) is 0 Å². The van der Waals surface area contributed by atoms with Crippen LogP contribution < -0.4 is 11.1 Å². The minimum absolute atomic E-state index is 0.370. The van der Waals surface area contributed by atoms with Gasteiger partial charge in [-0.1, -0.05) is 0 Å². The molecule has 68 valence electrons. The van der Waals surface area contributed by atoms with Crippen LogP contribution in [0.2, 0.25) is 0 Å². The van der Waals surface area contributed by atoms with Gasteiger partial charge in [0.2, 0.25) is 0 Å². The van der Waals surface area contributed by atoms with Crippen molar-refractivity contribution in [1.29, 1.82) is 0 Å². The molecule has 0 amide bonds. The summed E-state index contributed by atoms with van der Waals surface area (Å²) in [7, 11) is 0. The Labute approximate surface area is 73.9 Å². The molecule has 2 saturated carbocycles. The highest BCUT2D eigenvalue weighted by Gasteiger charge is 2.49. The number of nitrogens with one attached hydrogen (secondary N) is 1. The van der Waals surface area contributed by atoms with Crippen LogP contribution in [0.1, 0.15) is 32.1 Å². The van der Waals surface area contributed by atoms with Crippen LogP contribution in [0.3, 0.4) is 0 Å². The molecule has 2 aliphatic heterocycles. The predicted octanol–water partition coefficient (Wildman–Crippen LogP) is 0.866. The fourth-order valence-electron chi connectivity index (χ4n) is 3.98. The standard InChI is InChI=1S/C10H18N2/c11-6-10-4-7-1-8(5-10)3-9(2-7)12-10/h7-9,12H,1-6,11H2. The van der Waals surface area contributed by atoms with E-state index in [0.29, 0.717) is 5.54 Å². The summed E-state index contributed by atoms with van der Waals surface area (Å²) < 4.78 is 0. The average molecular weight is 166 g/mol. The maximum atomic E-state index is 5.87. The second-order valence-electron chi connectivity index (χ2n) is 5.17. The first-order valence-corrected chi connectivity index (χ1v) is 5.27. The molecule has 0 aromatic carbocycles. The first-order chi connectivity index (χ1) is 5.80. The van der Waals surface area contributed by atoms with Crippen LogP contribution in [-0.2, 0) is 0 Å². The smallest absolute Gasteiger partial charge is 0.0311 e. The van der Waals surface area contributed by atoms with Crippen molar-refractivity contribution in [2.45, 2.75) is 43.7 Å². The van der Waals surface area contributed by atoms with Crippen molar-refractivity contribution >= 4 is 0 Å². The van der Waals surface area contributed by atoms with Gasteiger partial charge in [-0.05, 0) is 43.9 Å². The van der Waals surface area contributed by atoms with E-state index in [1.54, 1.807) is 0 Å². The summed E-state index contributed by atoms with van der Waals surface area (Å²) in [5, 5.41) is 3.75. The molecule has 2 heterocycles. The van der Waals surface area contributed by atoms with E-state index in [9.17, 15) is 0 Å². The minimum atomic E-state index is 0.370. The summed E-state index contributed by atoms with van der Waals surface area (Å²) in [6, 6.07) is 0.819. The van der Waals surface area contributed by atoms with Gasteiger partial charge >= 0.3 is 0 Å². The minimum Gasteiger partial charge on any atom is -0.329 e. The van der Waals surface area contributed by atoms with E-state index in [-0.39, 0.29) is 0 Å². The van der Waals surface area contributed by atoms with Crippen molar-refractivity contribution in [1.82, 2.24) is 5.32 Å². The number of rotatable bonds is 1. The molecule has 0 radical (unpaired) electrons. The Hall–Kier alpha value is -0.0800. The highest BCUT2D eigenvalue weighted by atomic mass is 15.1. The molecule has 0 aromatic rings. The van der Waals surface area contributed by atoms with Crippen molar-refractivity contribution in [3.05, 3.63) is 0 Å². The molecular weight excluding hydrogens is 148 g/mol. The van der Waals surface area contributed by atoms with Gasteiger partial charge in [0.15, 0.2) is 0 Å². The van der Waals surface area contributed by atoms with Gasteiger partial charge in [-0.25, -0.2) is 0 Å². The Morgan fingerprint density at radius 1 is 1.17 bits per heavy atom. The van der Waals surface area contributed by atoms with Gasteiger partial charge in [-0.15, -0.1) is 0 Å². The SMILES string of the molecule is NCC12CC3CC(CC(C3)N1)C2. The molecule has 3 N–H and O–H groups in total. The third-order valence-corrected chi connectivity index (χ3v) is 4.16. The van der Waals surface area contributed by atoms with Crippen LogP contribution in [0.4, 0.5) is 0 Å². The maximum absolute atomic E-state index is 5.87. The van der Waals surface area contributed by atoms with Gasteiger partial charge in [0.25, 0.3) is 0 Å². The molecule has 4 fully saturated rings. The molecule has 2 unspecified atom stereocenters. The third kappa shape index (κ3) is 0.882. The lowest BCUT2D eigenvalue weighted by Gasteiger charge is -2.57. The van der Waals surface area contributed by atoms with Gasteiger partial charge in [0.05, 0.1) is 0 Å². The average Bonchev–Trinajstić information content (AvgIpc) is 2.02. The third-order valence-electron chi connectivity index (χ3n) is 4.16. The molecule has 2 nitrogen and oxygen atoms in total. The first kappa shape index (κ1) is 7.34. The lowest BCUT2D eigenvalue weighted by atomic mass is 9.59. The van der Waals surface area contributed by atoms with Gasteiger partial charge in [0, 0.05) is 18.1 Å². The van der Waals surface area contributed by atoms with Crippen molar-refractivity contribution in [2.75, 3.05) is 6.54 Å². The highest BCUT2D eigenvalue weighted by Crippen LogP contribution is 2.48. The van der Waals surface area contributed by atoms with E-state index in [1.807, 2.05) is 0 Å². The molecule has 2 heteroatoms.